The van der Waals surface area contributed by atoms with E-state index >= 15 is 0 Å². The number of aryl methyl sites for hydroxylation is 2. The number of hydrogen-bond donors (Lipinski definition) is 1. The van der Waals surface area contributed by atoms with Crippen LogP contribution in [0.4, 0.5) is 0 Å². The summed E-state index contributed by atoms with van der Waals surface area (Å²) in [5, 5.41) is 10.2. The Kier molecular flexibility index (Phi) is 2.44. The molecule has 3 nitrogen and oxygen atoms in total. The van der Waals surface area contributed by atoms with Gasteiger partial charge in [-0.1, -0.05) is 6.92 Å². The second-order valence-electron chi connectivity index (χ2n) is 5.25. The quantitative estimate of drug-likeness (QED) is 0.834. The minimum atomic E-state index is -0.849. The number of hydrogen-bond acceptors (Lipinski definition) is 1. The lowest BCUT2D eigenvalue weighted by molar-refractivity contribution is 0.0697. The molecule has 0 spiro atoms. The van der Waals surface area contributed by atoms with E-state index in [1.807, 2.05) is 12.1 Å². The van der Waals surface area contributed by atoms with Crippen LogP contribution in [0.2, 0.25) is 0 Å². The van der Waals surface area contributed by atoms with E-state index in [9.17, 15) is 4.79 Å². The molecule has 1 aromatic heterocycles. The molecule has 0 saturated heterocycles. The van der Waals surface area contributed by atoms with Crippen molar-refractivity contribution in [3.63, 3.8) is 0 Å². The van der Waals surface area contributed by atoms with Crippen LogP contribution in [-0.4, -0.2) is 15.6 Å². The smallest absolute Gasteiger partial charge is 0.335 e. The molecule has 0 radical (unpaired) electrons. The number of carbonyl (C=O) groups is 1. The molecule has 3 heteroatoms. The van der Waals surface area contributed by atoms with E-state index in [4.69, 9.17) is 5.11 Å². The summed E-state index contributed by atoms with van der Waals surface area (Å²) < 4.78 is 2.24. The molecule has 1 heterocycles. The summed E-state index contributed by atoms with van der Waals surface area (Å²) in [6.07, 6.45) is 3.49. The number of aromatic carboxylic acids is 1. The maximum atomic E-state index is 11.1. The minimum absolute atomic E-state index is 0.383. The van der Waals surface area contributed by atoms with Crippen LogP contribution in [0.1, 0.15) is 47.3 Å². The highest BCUT2D eigenvalue weighted by Crippen LogP contribution is 2.37. The standard InChI is InChI=1S/C15H17NO2/c1-9-4-3-5-11-12-8-10(15(17)18)6-7-13(12)16(2)14(9)11/h6-9H,3-5H2,1-2H3,(H,17,18). The van der Waals surface area contributed by atoms with Crippen molar-refractivity contribution in [2.24, 2.45) is 7.05 Å². The molecule has 0 bridgehead atoms. The summed E-state index contributed by atoms with van der Waals surface area (Å²) in [6.45, 7) is 2.26. The fraction of sp³-hybridized carbons (Fsp3) is 0.400. The first-order chi connectivity index (χ1) is 8.59. The van der Waals surface area contributed by atoms with E-state index < -0.39 is 5.97 Å². The highest BCUT2D eigenvalue weighted by atomic mass is 16.4. The zero-order valence-electron chi connectivity index (χ0n) is 10.7. The molecule has 0 fully saturated rings. The SMILES string of the molecule is CC1CCCc2c1n(C)c1ccc(C(=O)O)cc21. The van der Waals surface area contributed by atoms with Crippen LogP contribution in [0, 0.1) is 0 Å². The van der Waals surface area contributed by atoms with E-state index in [0.717, 1.165) is 17.3 Å². The molecule has 1 N–H and O–H groups in total. The first-order valence-corrected chi connectivity index (χ1v) is 6.44. The van der Waals surface area contributed by atoms with Crippen molar-refractivity contribution in [1.82, 2.24) is 4.57 Å². The number of carboxylic acids is 1. The second kappa shape index (κ2) is 3.87. The molecular weight excluding hydrogens is 226 g/mol. The first kappa shape index (κ1) is 11.3. The molecule has 3 rings (SSSR count). The molecule has 1 atom stereocenters. The van der Waals surface area contributed by atoms with Crippen molar-refractivity contribution in [2.45, 2.75) is 32.1 Å². The van der Waals surface area contributed by atoms with Crippen LogP contribution in [0.15, 0.2) is 18.2 Å². The normalized spacial score (nSPS) is 18.9. The molecule has 0 amide bonds. The Labute approximate surface area is 106 Å². The Hall–Kier alpha value is -1.77. The van der Waals surface area contributed by atoms with E-state index in [-0.39, 0.29) is 0 Å². The van der Waals surface area contributed by atoms with Gasteiger partial charge in [-0.15, -0.1) is 0 Å². The predicted molar refractivity (Wildman–Crippen MR) is 71.2 cm³/mol. The van der Waals surface area contributed by atoms with E-state index in [1.54, 1.807) is 6.07 Å². The van der Waals surface area contributed by atoms with E-state index in [1.165, 1.54) is 24.1 Å². The van der Waals surface area contributed by atoms with Crippen LogP contribution in [0.5, 0.6) is 0 Å². The highest BCUT2D eigenvalue weighted by molar-refractivity contribution is 5.95. The van der Waals surface area contributed by atoms with Gasteiger partial charge in [0.15, 0.2) is 0 Å². The summed E-state index contributed by atoms with van der Waals surface area (Å²) >= 11 is 0. The monoisotopic (exact) mass is 243 g/mol. The minimum Gasteiger partial charge on any atom is -0.478 e. The fourth-order valence-corrected chi connectivity index (χ4v) is 3.29. The van der Waals surface area contributed by atoms with Gasteiger partial charge in [-0.05, 0) is 48.9 Å². The molecular formula is C15H17NO2. The fourth-order valence-electron chi connectivity index (χ4n) is 3.29. The van der Waals surface area contributed by atoms with Gasteiger partial charge in [0, 0.05) is 23.6 Å². The molecule has 1 unspecified atom stereocenters. The lowest BCUT2D eigenvalue weighted by Crippen LogP contribution is -2.09. The van der Waals surface area contributed by atoms with Gasteiger partial charge in [0.1, 0.15) is 0 Å². The van der Waals surface area contributed by atoms with Gasteiger partial charge in [0.2, 0.25) is 0 Å². The molecule has 18 heavy (non-hydrogen) atoms. The summed E-state index contributed by atoms with van der Waals surface area (Å²) in [6, 6.07) is 5.46. The number of aromatic nitrogens is 1. The summed E-state index contributed by atoms with van der Waals surface area (Å²) in [5.41, 5.74) is 4.28. The molecule has 0 aliphatic heterocycles. The van der Waals surface area contributed by atoms with Crippen LogP contribution in [0.3, 0.4) is 0 Å². The number of carboxylic acid groups (broad SMARTS) is 1. The summed E-state index contributed by atoms with van der Waals surface area (Å²) in [4.78, 5) is 11.1. The van der Waals surface area contributed by atoms with Crippen molar-refractivity contribution in [3.05, 3.63) is 35.0 Å². The van der Waals surface area contributed by atoms with Gasteiger partial charge >= 0.3 is 5.97 Å². The number of nitrogens with zero attached hydrogens (tertiary/aromatic N) is 1. The van der Waals surface area contributed by atoms with Crippen molar-refractivity contribution in [2.75, 3.05) is 0 Å². The number of rotatable bonds is 1. The average Bonchev–Trinajstić information content (AvgIpc) is 2.64. The predicted octanol–water partition coefficient (Wildman–Crippen LogP) is 3.32. The van der Waals surface area contributed by atoms with E-state index in [2.05, 4.69) is 18.5 Å². The van der Waals surface area contributed by atoms with Crippen LogP contribution in [-0.2, 0) is 13.5 Å². The van der Waals surface area contributed by atoms with Crippen molar-refractivity contribution in [3.8, 4) is 0 Å². The van der Waals surface area contributed by atoms with Crippen LogP contribution >= 0.6 is 0 Å². The van der Waals surface area contributed by atoms with Crippen LogP contribution in [0.25, 0.3) is 10.9 Å². The molecule has 1 aliphatic rings. The summed E-state index contributed by atoms with van der Waals surface area (Å²) in [7, 11) is 2.09. The maximum Gasteiger partial charge on any atom is 0.335 e. The summed E-state index contributed by atoms with van der Waals surface area (Å²) in [5.74, 6) is -0.280. The average molecular weight is 243 g/mol. The second-order valence-corrected chi connectivity index (χ2v) is 5.25. The largest absolute Gasteiger partial charge is 0.478 e. The van der Waals surface area contributed by atoms with Gasteiger partial charge in [0.05, 0.1) is 5.56 Å². The third-order valence-corrected chi connectivity index (χ3v) is 4.13. The molecule has 2 aromatic rings. The highest BCUT2D eigenvalue weighted by Gasteiger charge is 2.23. The van der Waals surface area contributed by atoms with Gasteiger partial charge in [-0.25, -0.2) is 4.79 Å². The third kappa shape index (κ3) is 1.47. The Bertz CT molecular complexity index is 639. The Morgan fingerprint density at radius 2 is 2.22 bits per heavy atom. The first-order valence-electron chi connectivity index (χ1n) is 6.44. The van der Waals surface area contributed by atoms with Crippen LogP contribution < -0.4 is 0 Å². The van der Waals surface area contributed by atoms with Crippen molar-refractivity contribution >= 4 is 16.9 Å². The van der Waals surface area contributed by atoms with Gasteiger partial charge in [-0.2, -0.15) is 0 Å². The molecule has 1 aliphatic carbocycles. The maximum absolute atomic E-state index is 11.1. The number of benzene rings is 1. The van der Waals surface area contributed by atoms with E-state index in [0.29, 0.717) is 11.5 Å². The lowest BCUT2D eigenvalue weighted by atomic mass is 9.88. The topological polar surface area (TPSA) is 42.2 Å². The van der Waals surface area contributed by atoms with Gasteiger partial charge in [0.25, 0.3) is 0 Å². The van der Waals surface area contributed by atoms with Crippen molar-refractivity contribution < 1.29 is 9.90 Å². The van der Waals surface area contributed by atoms with Crippen molar-refractivity contribution in [1.29, 1.82) is 0 Å². The Morgan fingerprint density at radius 3 is 2.94 bits per heavy atom. The number of fused-ring (bicyclic) bond motifs is 3. The Balaban J connectivity index is 2.33. The van der Waals surface area contributed by atoms with Gasteiger partial charge in [-0.3, -0.25) is 0 Å². The van der Waals surface area contributed by atoms with Gasteiger partial charge < -0.3 is 9.67 Å². The molecule has 1 aromatic carbocycles. The Morgan fingerprint density at radius 1 is 1.44 bits per heavy atom. The zero-order chi connectivity index (χ0) is 12.9. The molecule has 94 valence electrons. The molecule has 0 saturated carbocycles. The third-order valence-electron chi connectivity index (χ3n) is 4.13. The lowest BCUT2D eigenvalue weighted by Gasteiger charge is -2.20. The zero-order valence-corrected chi connectivity index (χ0v) is 10.7.